The first-order valence-corrected chi connectivity index (χ1v) is 9.99. The van der Waals surface area contributed by atoms with E-state index in [-0.39, 0.29) is 35.1 Å². The maximum absolute atomic E-state index is 12.5. The molecule has 0 saturated heterocycles. The Morgan fingerprint density at radius 3 is 2.42 bits per heavy atom. The van der Waals surface area contributed by atoms with Gasteiger partial charge in [-0.25, -0.2) is 21.1 Å². The van der Waals surface area contributed by atoms with E-state index in [1.165, 1.54) is 39.3 Å². The third-order valence-electron chi connectivity index (χ3n) is 3.15. The van der Waals surface area contributed by atoms with Crippen LogP contribution in [-0.4, -0.2) is 58.7 Å². The predicted molar refractivity (Wildman–Crippen MR) is 88.1 cm³/mol. The van der Waals surface area contributed by atoms with Crippen LogP contribution in [0.4, 0.5) is 5.69 Å². The maximum atomic E-state index is 12.5. The van der Waals surface area contributed by atoms with Crippen molar-refractivity contribution in [2.45, 2.75) is 18.2 Å². The number of nitrogens with zero attached hydrogens (tertiary/aromatic N) is 1. The Morgan fingerprint density at radius 2 is 1.92 bits per heavy atom. The third kappa shape index (κ3) is 5.08. The molecule has 0 radical (unpaired) electrons. The number of carbonyl (C=O) groups is 1. The number of nitrogens with one attached hydrogen (secondary N) is 1. The van der Waals surface area contributed by atoms with Gasteiger partial charge in [0, 0.05) is 19.7 Å². The smallest absolute Gasteiger partial charge is 0.304 e. The highest BCUT2D eigenvalue weighted by Crippen LogP contribution is 2.29. The van der Waals surface area contributed by atoms with Crippen LogP contribution in [0.25, 0.3) is 0 Å². The van der Waals surface area contributed by atoms with E-state index in [4.69, 9.17) is 9.84 Å². The lowest BCUT2D eigenvalue weighted by Crippen LogP contribution is -2.29. The van der Waals surface area contributed by atoms with Crippen LogP contribution in [0.5, 0.6) is 5.75 Å². The number of methoxy groups -OCH3 is 1. The number of carboxylic acids is 1. The standard InChI is InChI=1S/C13H20N2O7S2/c1-4-23(18,19)14-10-5-6-12(11(9-10)22-3)24(20,21)15(2)8-7-13(16)17/h5-6,9,14H,4,7-8H2,1-3H3,(H,16,17). The Bertz CT molecular complexity index is 804. The SMILES string of the molecule is CCS(=O)(=O)Nc1ccc(S(=O)(=O)N(C)CCC(=O)O)c(OC)c1. The van der Waals surface area contributed by atoms with Crippen molar-refractivity contribution in [3.63, 3.8) is 0 Å². The van der Waals surface area contributed by atoms with Gasteiger partial charge in [-0.15, -0.1) is 0 Å². The highest BCUT2D eigenvalue weighted by Gasteiger charge is 2.25. The van der Waals surface area contributed by atoms with Crippen LogP contribution in [0, 0.1) is 0 Å². The van der Waals surface area contributed by atoms with Crippen molar-refractivity contribution in [3.05, 3.63) is 18.2 Å². The van der Waals surface area contributed by atoms with Crippen molar-refractivity contribution in [1.82, 2.24) is 4.31 Å². The molecule has 136 valence electrons. The number of hydrogen-bond acceptors (Lipinski definition) is 6. The van der Waals surface area contributed by atoms with Gasteiger partial charge in [0.05, 0.1) is 25.0 Å². The van der Waals surface area contributed by atoms with E-state index in [9.17, 15) is 21.6 Å². The summed E-state index contributed by atoms with van der Waals surface area (Å²) in [6.45, 7) is 1.26. The molecule has 0 aliphatic rings. The van der Waals surface area contributed by atoms with Gasteiger partial charge in [0.15, 0.2) is 0 Å². The second kappa shape index (κ2) is 7.81. The van der Waals surface area contributed by atoms with Crippen LogP contribution in [0.3, 0.4) is 0 Å². The van der Waals surface area contributed by atoms with Gasteiger partial charge in [-0.05, 0) is 19.1 Å². The van der Waals surface area contributed by atoms with Gasteiger partial charge in [-0.1, -0.05) is 0 Å². The number of carboxylic acid groups (broad SMARTS) is 1. The van der Waals surface area contributed by atoms with Gasteiger partial charge in [0.1, 0.15) is 10.6 Å². The summed E-state index contributed by atoms with van der Waals surface area (Å²) in [5.41, 5.74) is 0.167. The van der Waals surface area contributed by atoms with Crippen LogP contribution in [-0.2, 0) is 24.8 Å². The minimum Gasteiger partial charge on any atom is -0.495 e. The number of anilines is 1. The number of rotatable bonds is 9. The molecule has 0 atom stereocenters. The van der Waals surface area contributed by atoms with Gasteiger partial charge < -0.3 is 9.84 Å². The van der Waals surface area contributed by atoms with Crippen LogP contribution in [0.2, 0.25) is 0 Å². The molecule has 0 bridgehead atoms. The Balaban J connectivity index is 3.18. The van der Waals surface area contributed by atoms with Crippen molar-refractivity contribution in [3.8, 4) is 5.75 Å². The Kier molecular flexibility index (Phi) is 6.58. The van der Waals surface area contributed by atoms with Crippen molar-refractivity contribution in [2.75, 3.05) is 31.2 Å². The lowest BCUT2D eigenvalue weighted by Gasteiger charge is -2.18. The van der Waals surface area contributed by atoms with E-state index in [0.29, 0.717) is 0 Å². The monoisotopic (exact) mass is 380 g/mol. The zero-order valence-electron chi connectivity index (χ0n) is 13.5. The van der Waals surface area contributed by atoms with Gasteiger partial charge in [-0.3, -0.25) is 9.52 Å². The first-order valence-electron chi connectivity index (χ1n) is 6.90. The molecule has 0 saturated carbocycles. The summed E-state index contributed by atoms with van der Waals surface area (Å²) in [6.07, 6.45) is -0.341. The molecule has 0 aliphatic heterocycles. The van der Waals surface area contributed by atoms with E-state index < -0.39 is 26.0 Å². The minimum atomic E-state index is -3.98. The molecule has 2 N–H and O–H groups in total. The highest BCUT2D eigenvalue weighted by molar-refractivity contribution is 7.92. The summed E-state index contributed by atoms with van der Waals surface area (Å²) in [6, 6.07) is 3.76. The van der Waals surface area contributed by atoms with E-state index in [0.717, 1.165) is 4.31 Å². The summed E-state index contributed by atoms with van der Waals surface area (Å²) in [7, 11) is -4.98. The number of aliphatic carboxylic acids is 1. The van der Waals surface area contributed by atoms with E-state index in [1.54, 1.807) is 0 Å². The summed E-state index contributed by atoms with van der Waals surface area (Å²) in [4.78, 5) is 10.4. The predicted octanol–water partition coefficient (Wildman–Crippen LogP) is 0.552. The number of ether oxygens (including phenoxy) is 1. The molecule has 0 fully saturated rings. The van der Waals surface area contributed by atoms with Gasteiger partial charge in [0.2, 0.25) is 20.0 Å². The summed E-state index contributed by atoms with van der Waals surface area (Å²) >= 11 is 0. The molecule has 11 heteroatoms. The molecule has 9 nitrogen and oxygen atoms in total. The first kappa shape index (κ1) is 20.2. The Hall–Kier alpha value is -1.85. The fourth-order valence-electron chi connectivity index (χ4n) is 1.74. The van der Waals surface area contributed by atoms with Gasteiger partial charge in [-0.2, -0.15) is 0 Å². The van der Waals surface area contributed by atoms with Gasteiger partial charge >= 0.3 is 5.97 Å². The van der Waals surface area contributed by atoms with E-state index >= 15 is 0 Å². The minimum absolute atomic E-state index is 0.0477. The molecule has 24 heavy (non-hydrogen) atoms. The fraction of sp³-hybridized carbons (Fsp3) is 0.462. The normalized spacial score (nSPS) is 12.2. The molecule has 0 aliphatic carbocycles. The molecule has 1 rings (SSSR count). The molecular formula is C13H20N2O7S2. The zero-order valence-corrected chi connectivity index (χ0v) is 15.1. The number of sulfonamides is 2. The van der Waals surface area contributed by atoms with E-state index in [1.807, 2.05) is 0 Å². The quantitative estimate of drug-likeness (QED) is 0.640. The van der Waals surface area contributed by atoms with E-state index in [2.05, 4.69) is 4.72 Å². The average molecular weight is 380 g/mol. The van der Waals surface area contributed by atoms with Gasteiger partial charge in [0.25, 0.3) is 0 Å². The molecule has 0 spiro atoms. The van der Waals surface area contributed by atoms with Crippen molar-refractivity contribution >= 4 is 31.7 Å². The zero-order chi connectivity index (χ0) is 18.5. The van der Waals surface area contributed by atoms with Crippen LogP contribution in [0.15, 0.2) is 23.1 Å². The molecule has 0 unspecified atom stereocenters. The lowest BCUT2D eigenvalue weighted by molar-refractivity contribution is -0.137. The lowest BCUT2D eigenvalue weighted by atomic mass is 10.3. The van der Waals surface area contributed by atoms with Crippen LogP contribution >= 0.6 is 0 Å². The Labute approximate surface area is 141 Å². The molecule has 0 amide bonds. The van der Waals surface area contributed by atoms with Crippen molar-refractivity contribution in [2.24, 2.45) is 0 Å². The largest absolute Gasteiger partial charge is 0.495 e. The summed E-state index contributed by atoms with van der Waals surface area (Å²) in [5, 5.41) is 8.66. The molecule has 0 heterocycles. The van der Waals surface area contributed by atoms with Crippen molar-refractivity contribution < 1.29 is 31.5 Å². The summed E-state index contributed by atoms with van der Waals surface area (Å²) in [5.74, 6) is -1.30. The van der Waals surface area contributed by atoms with Crippen LogP contribution < -0.4 is 9.46 Å². The maximum Gasteiger partial charge on any atom is 0.304 e. The second-order valence-corrected chi connectivity index (χ2v) is 8.87. The van der Waals surface area contributed by atoms with Crippen LogP contribution in [0.1, 0.15) is 13.3 Å². The molecular weight excluding hydrogens is 360 g/mol. The number of benzene rings is 1. The molecule has 1 aromatic carbocycles. The highest BCUT2D eigenvalue weighted by atomic mass is 32.2. The number of hydrogen-bond donors (Lipinski definition) is 2. The fourth-order valence-corrected chi connectivity index (χ4v) is 3.67. The van der Waals surface area contributed by atoms with Crippen molar-refractivity contribution in [1.29, 1.82) is 0 Å². The third-order valence-corrected chi connectivity index (χ3v) is 6.35. The summed E-state index contributed by atoms with van der Waals surface area (Å²) < 4.78 is 56.4. The Morgan fingerprint density at radius 1 is 1.29 bits per heavy atom. The first-order chi connectivity index (χ1) is 11.0. The average Bonchev–Trinajstić information content (AvgIpc) is 2.51. The molecule has 1 aromatic rings. The topological polar surface area (TPSA) is 130 Å². The second-order valence-electron chi connectivity index (χ2n) is 4.84. The molecule has 0 aromatic heterocycles.